The number of anilines is 2. The Morgan fingerprint density at radius 1 is 0.963 bits per heavy atom. The molecule has 0 atom stereocenters. The lowest BCUT2D eigenvalue weighted by atomic mass is 10.1. The number of amides is 1. The van der Waals surface area contributed by atoms with Crippen molar-refractivity contribution in [3.8, 4) is 0 Å². The highest BCUT2D eigenvalue weighted by Gasteiger charge is 2.12. The average molecular weight is 439 g/mol. The second-order valence-electron chi connectivity index (χ2n) is 7.20. The highest BCUT2D eigenvalue weighted by molar-refractivity contribution is 9.10. The Hall–Kier alpha value is -1.36. The van der Waals surface area contributed by atoms with E-state index in [1.54, 1.807) is 0 Å². The molecule has 0 saturated carbocycles. The summed E-state index contributed by atoms with van der Waals surface area (Å²) in [6, 6.07) is 5.91. The number of benzene rings is 1. The number of hydrogen-bond donors (Lipinski definition) is 1. The number of carbonyl (C=O) groups is 2. The highest BCUT2D eigenvalue weighted by Crippen LogP contribution is 2.30. The molecule has 27 heavy (non-hydrogen) atoms. The third-order valence-corrected chi connectivity index (χ3v) is 5.18. The third-order valence-electron chi connectivity index (χ3n) is 4.54. The maximum atomic E-state index is 11.8. The Kier molecular flexibility index (Phi) is 12.1. The van der Waals surface area contributed by atoms with Crippen molar-refractivity contribution < 1.29 is 9.59 Å². The van der Waals surface area contributed by atoms with E-state index in [1.807, 2.05) is 12.1 Å². The van der Waals surface area contributed by atoms with Gasteiger partial charge in [-0.3, -0.25) is 9.59 Å². The number of hydrogen-bond acceptors (Lipinski definition) is 3. The molecular formula is C22H35BrN2O2. The number of nitrogens with zero attached hydrogens (tertiary/aromatic N) is 1. The first kappa shape index (κ1) is 23.7. The first-order chi connectivity index (χ1) is 13.0. The molecule has 1 aromatic rings. The fourth-order valence-electron chi connectivity index (χ4n) is 3.08. The van der Waals surface area contributed by atoms with E-state index in [0.29, 0.717) is 5.69 Å². The van der Waals surface area contributed by atoms with Gasteiger partial charge < -0.3 is 10.2 Å². The van der Waals surface area contributed by atoms with Gasteiger partial charge in [0.1, 0.15) is 5.78 Å². The van der Waals surface area contributed by atoms with Gasteiger partial charge in [-0.2, -0.15) is 0 Å². The maximum Gasteiger partial charge on any atom is 0.231 e. The molecule has 1 amide bonds. The highest BCUT2D eigenvalue weighted by atomic mass is 79.9. The van der Waals surface area contributed by atoms with Crippen LogP contribution in [0.4, 0.5) is 11.4 Å². The lowest BCUT2D eigenvalue weighted by Gasteiger charge is -2.26. The van der Waals surface area contributed by atoms with E-state index < -0.39 is 0 Å². The van der Waals surface area contributed by atoms with E-state index in [-0.39, 0.29) is 18.1 Å². The van der Waals surface area contributed by atoms with Crippen molar-refractivity contribution in [1.82, 2.24) is 0 Å². The fourth-order valence-corrected chi connectivity index (χ4v) is 3.71. The number of carbonyl (C=O) groups excluding carboxylic acids is 2. The van der Waals surface area contributed by atoms with Crippen LogP contribution in [0.1, 0.15) is 78.6 Å². The van der Waals surface area contributed by atoms with Gasteiger partial charge in [0.25, 0.3) is 0 Å². The molecule has 0 spiro atoms. The Morgan fingerprint density at radius 2 is 1.56 bits per heavy atom. The Bertz CT molecular complexity index is 578. The monoisotopic (exact) mass is 438 g/mol. The van der Waals surface area contributed by atoms with Crippen LogP contribution in [0.3, 0.4) is 0 Å². The molecular weight excluding hydrogens is 404 g/mol. The van der Waals surface area contributed by atoms with Crippen molar-refractivity contribution in [2.45, 2.75) is 78.6 Å². The van der Waals surface area contributed by atoms with Gasteiger partial charge in [-0.05, 0) is 53.9 Å². The van der Waals surface area contributed by atoms with Crippen LogP contribution in [0.25, 0.3) is 0 Å². The Labute approximate surface area is 173 Å². The molecule has 5 heteroatoms. The van der Waals surface area contributed by atoms with Crippen molar-refractivity contribution in [2.24, 2.45) is 0 Å². The van der Waals surface area contributed by atoms with Crippen LogP contribution >= 0.6 is 15.9 Å². The van der Waals surface area contributed by atoms with Gasteiger partial charge in [-0.15, -0.1) is 0 Å². The summed E-state index contributed by atoms with van der Waals surface area (Å²) < 4.78 is 0.981. The number of unbranched alkanes of at least 4 members (excludes halogenated alkanes) is 6. The SMILES string of the molecule is CCCCCCN(CCCCCC)c1ccc(NC(=O)CC(C)=O)cc1Br. The second kappa shape index (κ2) is 13.8. The van der Waals surface area contributed by atoms with Gasteiger partial charge in [0, 0.05) is 23.2 Å². The molecule has 0 radical (unpaired) electrons. The zero-order valence-corrected chi connectivity index (χ0v) is 18.7. The van der Waals surface area contributed by atoms with Crippen LogP contribution in [0, 0.1) is 0 Å². The van der Waals surface area contributed by atoms with Crippen LogP contribution < -0.4 is 10.2 Å². The van der Waals surface area contributed by atoms with Gasteiger partial charge >= 0.3 is 0 Å². The minimum Gasteiger partial charge on any atom is -0.371 e. The molecule has 1 rings (SSSR count). The average Bonchev–Trinajstić information content (AvgIpc) is 2.60. The number of rotatable bonds is 14. The molecule has 0 aliphatic carbocycles. The summed E-state index contributed by atoms with van der Waals surface area (Å²) in [6.45, 7) is 8.01. The topological polar surface area (TPSA) is 49.4 Å². The van der Waals surface area contributed by atoms with Crippen LogP contribution in [0.5, 0.6) is 0 Å². The number of Topliss-reactive ketones (excluding diaryl/α,β-unsaturated/α-hetero) is 1. The molecule has 0 aromatic heterocycles. The largest absolute Gasteiger partial charge is 0.371 e. The molecule has 0 aliphatic heterocycles. The zero-order valence-electron chi connectivity index (χ0n) is 17.2. The van der Waals surface area contributed by atoms with Crippen molar-refractivity contribution >= 4 is 39.0 Å². The minimum absolute atomic E-state index is 0.0830. The van der Waals surface area contributed by atoms with Crippen molar-refractivity contribution in [1.29, 1.82) is 0 Å². The normalized spacial score (nSPS) is 10.7. The Morgan fingerprint density at radius 3 is 2.04 bits per heavy atom. The summed E-state index contributed by atoms with van der Waals surface area (Å²) >= 11 is 3.67. The molecule has 152 valence electrons. The molecule has 1 aromatic carbocycles. The van der Waals surface area contributed by atoms with Crippen LogP contribution in [0.15, 0.2) is 22.7 Å². The van der Waals surface area contributed by atoms with Gasteiger partial charge in [0.05, 0.1) is 12.1 Å². The fraction of sp³-hybridized carbons (Fsp3) is 0.636. The van der Waals surface area contributed by atoms with Gasteiger partial charge in [-0.25, -0.2) is 0 Å². The summed E-state index contributed by atoms with van der Waals surface area (Å²) in [7, 11) is 0. The first-order valence-corrected chi connectivity index (χ1v) is 11.1. The minimum atomic E-state index is -0.266. The number of ketones is 1. The van der Waals surface area contributed by atoms with E-state index in [2.05, 4.69) is 46.1 Å². The summed E-state index contributed by atoms with van der Waals surface area (Å²) in [6.07, 6.45) is 9.90. The van der Waals surface area contributed by atoms with Crippen LogP contribution in [-0.2, 0) is 9.59 Å². The van der Waals surface area contributed by atoms with Crippen LogP contribution in [-0.4, -0.2) is 24.8 Å². The smallest absolute Gasteiger partial charge is 0.231 e. The van der Waals surface area contributed by atoms with Gasteiger partial charge in [0.2, 0.25) is 5.91 Å². The molecule has 0 aliphatic rings. The van der Waals surface area contributed by atoms with E-state index in [9.17, 15) is 9.59 Å². The first-order valence-electron chi connectivity index (χ1n) is 10.3. The summed E-state index contributed by atoms with van der Waals surface area (Å²) in [5, 5.41) is 2.79. The third kappa shape index (κ3) is 9.94. The van der Waals surface area contributed by atoms with E-state index in [4.69, 9.17) is 0 Å². The molecule has 0 fully saturated rings. The molecule has 0 unspecified atom stereocenters. The number of nitrogens with one attached hydrogen (secondary N) is 1. The molecule has 4 nitrogen and oxygen atoms in total. The summed E-state index contributed by atoms with van der Waals surface area (Å²) in [5.41, 5.74) is 1.89. The lowest BCUT2D eigenvalue weighted by Crippen LogP contribution is -2.26. The summed E-state index contributed by atoms with van der Waals surface area (Å²) in [4.78, 5) is 25.3. The second-order valence-corrected chi connectivity index (χ2v) is 8.06. The van der Waals surface area contributed by atoms with Crippen LogP contribution in [0.2, 0.25) is 0 Å². The lowest BCUT2D eigenvalue weighted by molar-refractivity contribution is -0.124. The standard InChI is InChI=1S/C22H35BrN2O2/c1-4-6-8-10-14-25(15-11-9-7-5-2)21-13-12-19(17-20(21)23)24-22(27)16-18(3)26/h12-13,17H,4-11,14-16H2,1-3H3,(H,24,27). The zero-order chi connectivity index (χ0) is 20.1. The molecule has 0 heterocycles. The van der Waals surface area contributed by atoms with Crippen molar-refractivity contribution in [2.75, 3.05) is 23.3 Å². The quantitative estimate of drug-likeness (QED) is 0.272. The predicted octanol–water partition coefficient (Wildman–Crippen LogP) is 6.33. The molecule has 0 saturated heterocycles. The predicted molar refractivity (Wildman–Crippen MR) is 119 cm³/mol. The van der Waals surface area contributed by atoms with Crippen molar-refractivity contribution in [3.63, 3.8) is 0 Å². The molecule has 0 bridgehead atoms. The molecule has 1 N–H and O–H groups in total. The number of halogens is 1. The summed E-state index contributed by atoms with van der Waals surface area (Å²) in [5.74, 6) is -0.397. The maximum absolute atomic E-state index is 11.8. The van der Waals surface area contributed by atoms with Gasteiger partial charge in [0.15, 0.2) is 0 Å². The van der Waals surface area contributed by atoms with E-state index in [0.717, 1.165) is 17.6 Å². The van der Waals surface area contributed by atoms with E-state index >= 15 is 0 Å². The van der Waals surface area contributed by atoms with Gasteiger partial charge in [-0.1, -0.05) is 52.4 Å². The Balaban J connectivity index is 2.76. The van der Waals surface area contributed by atoms with Crippen molar-refractivity contribution in [3.05, 3.63) is 22.7 Å². The van der Waals surface area contributed by atoms with E-state index in [1.165, 1.54) is 64.0 Å².